The van der Waals surface area contributed by atoms with Crippen molar-refractivity contribution in [1.29, 1.82) is 0 Å². The predicted octanol–water partition coefficient (Wildman–Crippen LogP) is 5.03. The van der Waals surface area contributed by atoms with E-state index in [4.69, 9.17) is 0 Å². The molecule has 1 fully saturated rings. The summed E-state index contributed by atoms with van der Waals surface area (Å²) in [5, 5.41) is 11.6. The number of nitrogens with one attached hydrogen (secondary N) is 1. The molecule has 1 saturated heterocycles. The molecule has 2 aliphatic rings. The van der Waals surface area contributed by atoms with Gasteiger partial charge in [-0.15, -0.1) is 0 Å². The van der Waals surface area contributed by atoms with Crippen LogP contribution in [0.1, 0.15) is 43.0 Å². The molecule has 2 unspecified atom stereocenters. The second-order valence-electron chi connectivity index (χ2n) is 8.82. The van der Waals surface area contributed by atoms with Gasteiger partial charge in [0, 0.05) is 28.6 Å². The van der Waals surface area contributed by atoms with Crippen molar-refractivity contribution in [1.82, 2.24) is 9.88 Å². The highest BCUT2D eigenvalue weighted by Gasteiger charge is 2.47. The third-order valence-corrected chi connectivity index (χ3v) is 7.23. The zero-order chi connectivity index (χ0) is 19.1. The van der Waals surface area contributed by atoms with Gasteiger partial charge in [0.1, 0.15) is 5.75 Å². The van der Waals surface area contributed by atoms with Gasteiger partial charge in [-0.05, 0) is 74.0 Å². The Labute approximate surface area is 167 Å². The number of phenolic OH excluding ortho intramolecular Hbond substituents is 1. The minimum absolute atomic E-state index is 0.120. The number of aromatic nitrogens is 1. The van der Waals surface area contributed by atoms with Crippen molar-refractivity contribution >= 4 is 10.9 Å². The summed E-state index contributed by atoms with van der Waals surface area (Å²) in [4.78, 5) is 6.40. The zero-order valence-corrected chi connectivity index (χ0v) is 16.7. The number of aromatic amines is 1. The van der Waals surface area contributed by atoms with E-state index in [-0.39, 0.29) is 5.41 Å². The summed E-state index contributed by atoms with van der Waals surface area (Å²) >= 11 is 0. The second-order valence-corrected chi connectivity index (χ2v) is 8.82. The Kier molecular flexibility index (Phi) is 4.43. The van der Waals surface area contributed by atoms with Gasteiger partial charge in [-0.25, -0.2) is 0 Å². The number of likely N-dealkylation sites (tertiary alicyclic amines) is 1. The van der Waals surface area contributed by atoms with Crippen molar-refractivity contribution in [3.8, 4) is 5.75 Å². The molecule has 3 nitrogen and oxygen atoms in total. The minimum Gasteiger partial charge on any atom is -0.508 e. The van der Waals surface area contributed by atoms with E-state index in [1.165, 1.54) is 53.5 Å². The number of nitrogens with zero attached hydrogens (tertiary/aromatic N) is 1. The lowest BCUT2D eigenvalue weighted by Gasteiger charge is -2.51. The normalized spacial score (nSPS) is 24.8. The summed E-state index contributed by atoms with van der Waals surface area (Å²) in [6.07, 6.45) is 5.87. The van der Waals surface area contributed by atoms with E-state index in [1.807, 2.05) is 12.1 Å². The van der Waals surface area contributed by atoms with Crippen molar-refractivity contribution in [2.45, 2.75) is 44.4 Å². The molecule has 0 spiro atoms. The Bertz CT molecular complexity index is 991. The number of benzene rings is 2. The molecule has 1 aliphatic carbocycles. The van der Waals surface area contributed by atoms with E-state index in [0.29, 0.717) is 11.7 Å². The van der Waals surface area contributed by atoms with E-state index < -0.39 is 0 Å². The molecule has 3 aromatic rings. The summed E-state index contributed by atoms with van der Waals surface area (Å²) < 4.78 is 0. The summed E-state index contributed by atoms with van der Waals surface area (Å²) in [6.45, 7) is 5.81. The number of aromatic hydroxyl groups is 1. The van der Waals surface area contributed by atoms with Crippen molar-refractivity contribution in [2.24, 2.45) is 5.92 Å². The van der Waals surface area contributed by atoms with Gasteiger partial charge in [-0.2, -0.15) is 0 Å². The molecule has 0 saturated carbocycles. The van der Waals surface area contributed by atoms with Crippen LogP contribution in [0.2, 0.25) is 0 Å². The highest BCUT2D eigenvalue weighted by Crippen LogP contribution is 2.49. The van der Waals surface area contributed by atoms with Gasteiger partial charge in [-0.1, -0.05) is 43.7 Å². The Morgan fingerprint density at radius 3 is 2.93 bits per heavy atom. The zero-order valence-electron chi connectivity index (χ0n) is 16.7. The maximum atomic E-state index is 10.2. The molecule has 2 N–H and O–H groups in total. The average molecular weight is 375 g/mol. The smallest absolute Gasteiger partial charge is 0.115 e. The number of hydrogen-bond acceptors (Lipinski definition) is 2. The molecule has 0 amide bonds. The maximum Gasteiger partial charge on any atom is 0.115 e. The van der Waals surface area contributed by atoms with Gasteiger partial charge in [0.25, 0.3) is 0 Å². The van der Waals surface area contributed by atoms with E-state index in [0.717, 1.165) is 25.9 Å². The number of fused-ring (bicyclic) bond motifs is 4. The largest absolute Gasteiger partial charge is 0.508 e. The topological polar surface area (TPSA) is 39.3 Å². The lowest BCUT2D eigenvalue weighted by atomic mass is 9.58. The number of hydrogen-bond donors (Lipinski definition) is 2. The summed E-state index contributed by atoms with van der Waals surface area (Å²) in [7, 11) is 0. The highest BCUT2D eigenvalue weighted by atomic mass is 16.3. The lowest BCUT2D eigenvalue weighted by molar-refractivity contribution is 0.0805. The quantitative estimate of drug-likeness (QED) is 0.672. The Morgan fingerprint density at radius 2 is 2.07 bits per heavy atom. The number of H-pyrrole nitrogens is 1. The molecule has 1 aliphatic heterocycles. The van der Waals surface area contributed by atoms with Crippen LogP contribution in [-0.2, 0) is 18.3 Å². The fourth-order valence-corrected chi connectivity index (χ4v) is 5.72. The monoisotopic (exact) mass is 374 g/mol. The SMILES string of the molecule is CCCCN1CCC2(c3cccc(O)c3)Cc3[nH]c4ccccc4c3CC2C1. The molecule has 2 aromatic carbocycles. The van der Waals surface area contributed by atoms with E-state index in [2.05, 4.69) is 47.1 Å². The maximum absolute atomic E-state index is 10.2. The molecule has 1 aromatic heterocycles. The van der Waals surface area contributed by atoms with Crippen molar-refractivity contribution in [3.63, 3.8) is 0 Å². The summed E-state index contributed by atoms with van der Waals surface area (Å²) in [5.41, 5.74) is 5.63. The number of piperidine rings is 1. The van der Waals surface area contributed by atoms with Crippen LogP contribution >= 0.6 is 0 Å². The molecule has 2 atom stereocenters. The predicted molar refractivity (Wildman–Crippen MR) is 115 cm³/mol. The van der Waals surface area contributed by atoms with Crippen LogP contribution in [0.5, 0.6) is 5.75 Å². The minimum atomic E-state index is 0.120. The molecule has 0 radical (unpaired) electrons. The van der Waals surface area contributed by atoms with Gasteiger partial charge in [0.05, 0.1) is 0 Å². The third kappa shape index (κ3) is 2.84. The molecule has 146 valence electrons. The number of para-hydroxylation sites is 1. The first kappa shape index (κ1) is 17.8. The number of phenols is 1. The van der Waals surface area contributed by atoms with Crippen LogP contribution in [0, 0.1) is 5.92 Å². The fraction of sp³-hybridized carbons (Fsp3) is 0.440. The lowest BCUT2D eigenvalue weighted by Crippen LogP contribution is -2.53. The molecular formula is C25H30N2O. The van der Waals surface area contributed by atoms with E-state index in [9.17, 15) is 5.11 Å². The first-order chi connectivity index (χ1) is 13.7. The Hall–Kier alpha value is -2.26. The molecular weight excluding hydrogens is 344 g/mol. The van der Waals surface area contributed by atoms with Crippen LogP contribution in [0.15, 0.2) is 48.5 Å². The van der Waals surface area contributed by atoms with Crippen LogP contribution in [0.4, 0.5) is 0 Å². The third-order valence-electron chi connectivity index (χ3n) is 7.23. The van der Waals surface area contributed by atoms with Gasteiger partial charge in [-0.3, -0.25) is 0 Å². The van der Waals surface area contributed by atoms with Crippen molar-refractivity contribution < 1.29 is 5.11 Å². The highest BCUT2D eigenvalue weighted by molar-refractivity contribution is 5.85. The number of unbranched alkanes of at least 4 members (excludes halogenated alkanes) is 1. The standard InChI is InChI=1S/C25H30N2O/c1-2-3-12-27-13-11-25(18-7-6-8-20(28)14-18)16-24-22(15-19(25)17-27)21-9-4-5-10-23(21)26-24/h4-10,14,19,26,28H,2-3,11-13,15-17H2,1H3. The van der Waals surface area contributed by atoms with Crippen LogP contribution in [0.3, 0.4) is 0 Å². The van der Waals surface area contributed by atoms with E-state index in [1.54, 1.807) is 6.07 Å². The van der Waals surface area contributed by atoms with Gasteiger partial charge in [0.15, 0.2) is 0 Å². The van der Waals surface area contributed by atoms with Gasteiger partial charge < -0.3 is 15.0 Å². The number of rotatable bonds is 4. The molecule has 0 bridgehead atoms. The molecule has 5 rings (SSSR count). The first-order valence-corrected chi connectivity index (χ1v) is 10.8. The van der Waals surface area contributed by atoms with Crippen molar-refractivity contribution in [2.75, 3.05) is 19.6 Å². The second kappa shape index (κ2) is 6.97. The molecule has 3 heteroatoms. The van der Waals surface area contributed by atoms with Crippen LogP contribution < -0.4 is 0 Å². The first-order valence-electron chi connectivity index (χ1n) is 10.8. The molecule has 28 heavy (non-hydrogen) atoms. The van der Waals surface area contributed by atoms with Crippen LogP contribution in [-0.4, -0.2) is 34.6 Å². The summed E-state index contributed by atoms with van der Waals surface area (Å²) in [6, 6.07) is 16.8. The Morgan fingerprint density at radius 1 is 1.18 bits per heavy atom. The fourth-order valence-electron chi connectivity index (χ4n) is 5.72. The average Bonchev–Trinajstić information content (AvgIpc) is 3.07. The Balaban J connectivity index is 1.58. The van der Waals surface area contributed by atoms with Gasteiger partial charge in [0.2, 0.25) is 0 Å². The summed E-state index contributed by atoms with van der Waals surface area (Å²) in [5.74, 6) is 0.980. The van der Waals surface area contributed by atoms with Gasteiger partial charge >= 0.3 is 0 Å². The van der Waals surface area contributed by atoms with E-state index >= 15 is 0 Å². The molecule has 2 heterocycles. The van der Waals surface area contributed by atoms with Crippen molar-refractivity contribution in [3.05, 3.63) is 65.4 Å². The van der Waals surface area contributed by atoms with Crippen LogP contribution in [0.25, 0.3) is 10.9 Å².